The van der Waals surface area contributed by atoms with Crippen LogP contribution in [0.2, 0.25) is 0 Å². The molecule has 1 aromatic rings. The molecule has 1 aromatic heterocycles. The van der Waals surface area contributed by atoms with Crippen molar-refractivity contribution in [1.29, 1.82) is 0 Å². The number of hydrogen-bond acceptors (Lipinski definition) is 4. The van der Waals surface area contributed by atoms with Crippen molar-refractivity contribution in [1.82, 2.24) is 9.97 Å². The average Bonchev–Trinajstić information content (AvgIpc) is 2.31. The molecule has 0 atom stereocenters. The van der Waals surface area contributed by atoms with Crippen molar-refractivity contribution in [3.05, 3.63) is 18.1 Å². The normalized spacial score (nSPS) is 17.0. The van der Waals surface area contributed by atoms with Gasteiger partial charge >= 0.3 is 5.97 Å². The summed E-state index contributed by atoms with van der Waals surface area (Å²) >= 11 is 0. The van der Waals surface area contributed by atoms with Crippen LogP contribution in [0.25, 0.3) is 0 Å². The second-order valence-corrected chi connectivity index (χ2v) is 3.92. The van der Waals surface area contributed by atoms with E-state index in [4.69, 9.17) is 9.84 Å². The van der Waals surface area contributed by atoms with E-state index in [1.165, 1.54) is 31.7 Å². The monoisotopic (exact) mass is 222 g/mol. The molecule has 0 radical (unpaired) electrons. The van der Waals surface area contributed by atoms with Gasteiger partial charge in [-0.25, -0.2) is 14.8 Å². The quantitative estimate of drug-likeness (QED) is 0.845. The molecule has 1 aliphatic rings. The Hall–Kier alpha value is -1.65. The average molecular weight is 222 g/mol. The molecule has 1 fully saturated rings. The third-order valence-corrected chi connectivity index (χ3v) is 2.69. The highest BCUT2D eigenvalue weighted by atomic mass is 16.5. The van der Waals surface area contributed by atoms with Gasteiger partial charge in [0.05, 0.1) is 12.4 Å². The van der Waals surface area contributed by atoms with Gasteiger partial charge in [-0.05, 0) is 25.7 Å². The van der Waals surface area contributed by atoms with Crippen LogP contribution >= 0.6 is 0 Å². The highest BCUT2D eigenvalue weighted by Gasteiger charge is 2.15. The predicted octanol–water partition coefficient (Wildman–Crippen LogP) is 1.89. The van der Waals surface area contributed by atoms with Crippen molar-refractivity contribution < 1.29 is 14.6 Å². The molecular weight excluding hydrogens is 208 g/mol. The van der Waals surface area contributed by atoms with E-state index in [1.54, 1.807) is 0 Å². The molecule has 0 bridgehead atoms. The van der Waals surface area contributed by atoms with Crippen molar-refractivity contribution in [3.8, 4) is 5.88 Å². The molecule has 5 heteroatoms. The van der Waals surface area contributed by atoms with Crippen LogP contribution in [0.1, 0.15) is 42.6 Å². The third kappa shape index (κ3) is 2.68. The minimum atomic E-state index is -1.07. The minimum absolute atomic E-state index is 0.0593. The van der Waals surface area contributed by atoms with E-state index in [0.717, 1.165) is 12.8 Å². The van der Waals surface area contributed by atoms with Gasteiger partial charge in [0.25, 0.3) is 0 Å². The number of rotatable bonds is 3. The SMILES string of the molecule is O=C(O)c1cnc(OC2CCCCC2)cn1. The van der Waals surface area contributed by atoms with Gasteiger partial charge in [-0.1, -0.05) is 6.42 Å². The van der Waals surface area contributed by atoms with Crippen molar-refractivity contribution in [3.63, 3.8) is 0 Å². The van der Waals surface area contributed by atoms with Crippen LogP contribution in [-0.4, -0.2) is 27.1 Å². The van der Waals surface area contributed by atoms with Gasteiger partial charge in [0.1, 0.15) is 6.10 Å². The van der Waals surface area contributed by atoms with E-state index in [9.17, 15) is 4.79 Å². The van der Waals surface area contributed by atoms with E-state index in [1.807, 2.05) is 0 Å². The fourth-order valence-corrected chi connectivity index (χ4v) is 1.84. The number of carboxylic acids is 1. The molecule has 0 unspecified atom stereocenters. The first-order valence-electron chi connectivity index (χ1n) is 5.48. The Balaban J connectivity index is 1.96. The lowest BCUT2D eigenvalue weighted by molar-refractivity contribution is 0.0689. The Morgan fingerprint density at radius 1 is 1.25 bits per heavy atom. The van der Waals surface area contributed by atoms with Crippen LogP contribution < -0.4 is 4.74 Å². The van der Waals surface area contributed by atoms with Gasteiger partial charge in [-0.3, -0.25) is 0 Å². The molecule has 0 spiro atoms. The maximum Gasteiger partial charge on any atom is 0.356 e. The smallest absolute Gasteiger partial charge is 0.356 e. The summed E-state index contributed by atoms with van der Waals surface area (Å²) in [5.74, 6) is -0.659. The fourth-order valence-electron chi connectivity index (χ4n) is 1.84. The summed E-state index contributed by atoms with van der Waals surface area (Å²) in [6.45, 7) is 0. The minimum Gasteiger partial charge on any atom is -0.476 e. The van der Waals surface area contributed by atoms with E-state index in [-0.39, 0.29) is 11.8 Å². The van der Waals surface area contributed by atoms with E-state index < -0.39 is 5.97 Å². The first-order chi connectivity index (χ1) is 7.75. The summed E-state index contributed by atoms with van der Waals surface area (Å²) in [7, 11) is 0. The third-order valence-electron chi connectivity index (χ3n) is 2.69. The molecular formula is C11H14N2O3. The number of hydrogen-bond donors (Lipinski definition) is 1. The van der Waals surface area contributed by atoms with E-state index in [0.29, 0.717) is 5.88 Å². The van der Waals surface area contributed by atoms with Gasteiger partial charge in [-0.15, -0.1) is 0 Å². The second-order valence-electron chi connectivity index (χ2n) is 3.92. The van der Waals surface area contributed by atoms with Gasteiger partial charge in [0.2, 0.25) is 5.88 Å². The molecule has 0 saturated heterocycles. The van der Waals surface area contributed by atoms with Crippen LogP contribution in [0, 0.1) is 0 Å². The highest BCUT2D eigenvalue weighted by Crippen LogP contribution is 2.21. The topological polar surface area (TPSA) is 72.3 Å². The summed E-state index contributed by atoms with van der Waals surface area (Å²) in [6.07, 6.45) is 8.53. The van der Waals surface area contributed by atoms with Gasteiger partial charge < -0.3 is 9.84 Å². The summed E-state index contributed by atoms with van der Waals surface area (Å²) < 4.78 is 5.62. The summed E-state index contributed by atoms with van der Waals surface area (Å²) in [5, 5.41) is 8.65. The highest BCUT2D eigenvalue weighted by molar-refractivity contribution is 5.84. The molecule has 1 aliphatic carbocycles. The molecule has 1 saturated carbocycles. The molecule has 1 N–H and O–H groups in total. The predicted molar refractivity (Wildman–Crippen MR) is 56.5 cm³/mol. The van der Waals surface area contributed by atoms with Crippen LogP contribution in [0.15, 0.2) is 12.4 Å². The lowest BCUT2D eigenvalue weighted by Crippen LogP contribution is -2.20. The zero-order valence-electron chi connectivity index (χ0n) is 8.93. The first kappa shape index (κ1) is 10.9. The Morgan fingerprint density at radius 2 is 2.00 bits per heavy atom. The zero-order chi connectivity index (χ0) is 11.4. The van der Waals surface area contributed by atoms with Crippen LogP contribution in [0.3, 0.4) is 0 Å². The molecule has 0 aliphatic heterocycles. The van der Waals surface area contributed by atoms with Crippen molar-refractivity contribution in [2.45, 2.75) is 38.2 Å². The van der Waals surface area contributed by atoms with Crippen LogP contribution in [-0.2, 0) is 0 Å². The molecule has 0 aromatic carbocycles. The first-order valence-corrected chi connectivity index (χ1v) is 5.48. The maximum absolute atomic E-state index is 10.6. The van der Waals surface area contributed by atoms with Crippen molar-refractivity contribution in [2.75, 3.05) is 0 Å². The van der Waals surface area contributed by atoms with Crippen molar-refractivity contribution in [2.24, 2.45) is 0 Å². The number of nitrogens with zero attached hydrogens (tertiary/aromatic N) is 2. The standard InChI is InChI=1S/C11H14N2O3/c14-11(15)9-6-13-10(7-12-9)16-8-4-2-1-3-5-8/h6-8H,1-5H2,(H,14,15). The Kier molecular flexibility index (Phi) is 3.34. The summed E-state index contributed by atoms with van der Waals surface area (Å²) in [4.78, 5) is 18.2. The van der Waals surface area contributed by atoms with E-state index >= 15 is 0 Å². The maximum atomic E-state index is 10.6. The lowest BCUT2D eigenvalue weighted by atomic mass is 9.98. The Morgan fingerprint density at radius 3 is 2.56 bits per heavy atom. The second kappa shape index (κ2) is 4.92. The number of carboxylic acid groups (broad SMARTS) is 1. The number of aromatic nitrogens is 2. The largest absolute Gasteiger partial charge is 0.476 e. The molecule has 86 valence electrons. The molecule has 1 heterocycles. The fraction of sp³-hybridized carbons (Fsp3) is 0.545. The molecule has 16 heavy (non-hydrogen) atoms. The number of ether oxygens (including phenoxy) is 1. The molecule has 5 nitrogen and oxygen atoms in total. The Labute approximate surface area is 93.5 Å². The van der Waals surface area contributed by atoms with Gasteiger partial charge in [0, 0.05) is 0 Å². The number of carbonyl (C=O) groups is 1. The van der Waals surface area contributed by atoms with Gasteiger partial charge in [0.15, 0.2) is 5.69 Å². The Bertz CT molecular complexity index is 358. The number of aromatic carboxylic acids is 1. The van der Waals surface area contributed by atoms with Crippen molar-refractivity contribution >= 4 is 5.97 Å². The summed E-state index contributed by atoms with van der Waals surface area (Å²) in [6, 6.07) is 0. The van der Waals surface area contributed by atoms with Crippen LogP contribution in [0.4, 0.5) is 0 Å². The zero-order valence-corrected chi connectivity index (χ0v) is 8.93. The van der Waals surface area contributed by atoms with E-state index in [2.05, 4.69) is 9.97 Å². The van der Waals surface area contributed by atoms with Crippen LogP contribution in [0.5, 0.6) is 5.88 Å². The van der Waals surface area contributed by atoms with Gasteiger partial charge in [-0.2, -0.15) is 0 Å². The summed E-state index contributed by atoms with van der Waals surface area (Å²) in [5.41, 5.74) is -0.0593. The lowest BCUT2D eigenvalue weighted by Gasteiger charge is -2.21. The molecule has 0 amide bonds. The molecule has 2 rings (SSSR count).